The van der Waals surface area contributed by atoms with Crippen LogP contribution in [0.2, 0.25) is 0 Å². The first-order chi connectivity index (χ1) is 7.68. The van der Waals surface area contributed by atoms with E-state index >= 15 is 0 Å². The highest BCUT2D eigenvalue weighted by atomic mass is 16.9. The van der Waals surface area contributed by atoms with Gasteiger partial charge in [0.2, 0.25) is 0 Å². The number of nitrogens with zero attached hydrogens (tertiary/aromatic N) is 2. The van der Waals surface area contributed by atoms with Gasteiger partial charge in [-0.25, -0.2) is 5.10 Å². The zero-order valence-corrected chi connectivity index (χ0v) is 8.04. The van der Waals surface area contributed by atoms with E-state index in [2.05, 4.69) is 15.0 Å². The minimum Gasteiger partial charge on any atom is -0.307 e. The van der Waals surface area contributed by atoms with Crippen molar-refractivity contribution in [3.63, 3.8) is 0 Å². The molecule has 1 aromatic heterocycles. The summed E-state index contributed by atoms with van der Waals surface area (Å²) in [5, 5.41) is 16.1. The summed E-state index contributed by atoms with van der Waals surface area (Å²) in [6.45, 7) is -0.287. The first-order valence-corrected chi connectivity index (χ1v) is 4.42. The third-order valence-electron chi connectivity index (χ3n) is 2.08. The van der Waals surface area contributed by atoms with Crippen LogP contribution < -0.4 is 5.56 Å². The molecule has 1 aromatic carbocycles. The summed E-state index contributed by atoms with van der Waals surface area (Å²) in [5.41, 5.74) is -0.00708. The molecular formula is C9H7N3O4. The Hall–Kier alpha value is -2.44. The number of benzene rings is 1. The lowest BCUT2D eigenvalue weighted by atomic mass is 10.1. The smallest absolute Gasteiger partial charge is 0.294 e. The molecule has 0 aliphatic carbocycles. The van der Waals surface area contributed by atoms with Crippen LogP contribution >= 0.6 is 0 Å². The van der Waals surface area contributed by atoms with E-state index in [0.29, 0.717) is 16.5 Å². The molecule has 1 N–H and O–H groups in total. The van der Waals surface area contributed by atoms with Crippen LogP contribution in [-0.4, -0.2) is 15.3 Å². The largest absolute Gasteiger partial charge is 0.307 e. The second-order valence-corrected chi connectivity index (χ2v) is 3.04. The Morgan fingerprint density at radius 1 is 1.38 bits per heavy atom. The van der Waals surface area contributed by atoms with Crippen molar-refractivity contribution in [1.29, 1.82) is 0 Å². The molecule has 7 heteroatoms. The molecule has 0 saturated carbocycles. The Morgan fingerprint density at radius 2 is 2.06 bits per heavy atom. The Morgan fingerprint density at radius 3 is 2.75 bits per heavy atom. The van der Waals surface area contributed by atoms with Crippen molar-refractivity contribution in [2.75, 3.05) is 0 Å². The van der Waals surface area contributed by atoms with Crippen molar-refractivity contribution in [3.05, 3.63) is 50.4 Å². The lowest BCUT2D eigenvalue weighted by molar-refractivity contribution is -0.763. The summed E-state index contributed by atoms with van der Waals surface area (Å²) in [7, 11) is 0. The van der Waals surface area contributed by atoms with Gasteiger partial charge in [-0.3, -0.25) is 4.79 Å². The number of hydrogen-bond acceptors (Lipinski definition) is 5. The van der Waals surface area contributed by atoms with Crippen molar-refractivity contribution in [1.82, 2.24) is 10.2 Å². The average molecular weight is 221 g/mol. The molecule has 1 heterocycles. The fourth-order valence-electron chi connectivity index (χ4n) is 1.40. The molecule has 0 radical (unpaired) electrons. The number of hydrogen-bond donors (Lipinski definition) is 1. The lowest BCUT2D eigenvalue weighted by Crippen LogP contribution is -2.12. The molecule has 0 atom stereocenters. The Bertz CT molecular complexity index is 593. The molecule has 0 unspecified atom stereocenters. The molecule has 2 aromatic rings. The van der Waals surface area contributed by atoms with Gasteiger partial charge in [0.15, 0.2) is 0 Å². The molecule has 82 valence electrons. The average Bonchev–Trinajstić information content (AvgIpc) is 2.28. The van der Waals surface area contributed by atoms with E-state index in [9.17, 15) is 14.9 Å². The van der Waals surface area contributed by atoms with Crippen LogP contribution in [0.1, 0.15) is 5.69 Å². The van der Waals surface area contributed by atoms with Gasteiger partial charge in [0, 0.05) is 5.39 Å². The molecule has 0 aliphatic rings. The number of aromatic nitrogens is 2. The van der Waals surface area contributed by atoms with Gasteiger partial charge in [-0.1, -0.05) is 18.2 Å². The van der Waals surface area contributed by atoms with Crippen molar-refractivity contribution >= 4 is 10.8 Å². The van der Waals surface area contributed by atoms with Gasteiger partial charge in [-0.15, -0.1) is 10.1 Å². The predicted octanol–water partition coefficient (Wildman–Crippen LogP) is 0.631. The minimum absolute atomic E-state index is 0.287. The third-order valence-corrected chi connectivity index (χ3v) is 2.08. The van der Waals surface area contributed by atoms with Crippen LogP contribution in [0.4, 0.5) is 0 Å². The number of nitrogens with one attached hydrogen (secondary N) is 1. The van der Waals surface area contributed by atoms with E-state index in [-0.39, 0.29) is 12.2 Å². The van der Waals surface area contributed by atoms with Crippen LogP contribution in [0.25, 0.3) is 10.8 Å². The highest BCUT2D eigenvalue weighted by Gasteiger charge is 2.07. The van der Waals surface area contributed by atoms with E-state index in [0.717, 1.165) is 0 Å². The lowest BCUT2D eigenvalue weighted by Gasteiger charge is -2.02. The number of rotatable bonds is 3. The first kappa shape index (κ1) is 10.1. The maximum absolute atomic E-state index is 11.4. The SMILES string of the molecule is O=c1[nH]nc(CO[N+](=O)[O-])c2ccccc12. The molecule has 2 rings (SSSR count). The van der Waals surface area contributed by atoms with E-state index in [1.165, 1.54) is 0 Å². The monoisotopic (exact) mass is 221 g/mol. The van der Waals surface area contributed by atoms with Crippen molar-refractivity contribution in [2.24, 2.45) is 0 Å². The summed E-state index contributed by atoms with van der Waals surface area (Å²) < 4.78 is 0. The van der Waals surface area contributed by atoms with Gasteiger partial charge in [0.1, 0.15) is 6.61 Å². The van der Waals surface area contributed by atoms with Crippen molar-refractivity contribution < 1.29 is 9.92 Å². The molecule has 0 spiro atoms. The molecule has 16 heavy (non-hydrogen) atoms. The van der Waals surface area contributed by atoms with Crippen LogP contribution in [0.3, 0.4) is 0 Å². The van der Waals surface area contributed by atoms with E-state index < -0.39 is 5.09 Å². The summed E-state index contributed by atoms with van der Waals surface area (Å²) in [4.78, 5) is 25.6. The standard InChI is InChI=1S/C9H7N3O4/c13-9-7-4-2-1-3-6(7)8(10-11-9)5-16-12(14)15/h1-4H,5H2,(H,11,13). The Labute approximate surface area is 88.8 Å². The maximum Gasteiger partial charge on any atom is 0.294 e. The van der Waals surface area contributed by atoms with Gasteiger partial charge in [-0.2, -0.15) is 5.10 Å². The number of aromatic amines is 1. The van der Waals surface area contributed by atoms with Crippen molar-refractivity contribution in [3.8, 4) is 0 Å². The number of fused-ring (bicyclic) bond motifs is 1. The number of H-pyrrole nitrogens is 1. The van der Waals surface area contributed by atoms with E-state index in [1.807, 2.05) is 0 Å². The second kappa shape index (κ2) is 3.97. The van der Waals surface area contributed by atoms with E-state index in [1.54, 1.807) is 24.3 Å². The molecule has 0 bridgehead atoms. The molecule has 0 amide bonds. The predicted molar refractivity (Wildman–Crippen MR) is 54.1 cm³/mol. The van der Waals surface area contributed by atoms with Gasteiger partial charge in [-0.05, 0) is 6.07 Å². The van der Waals surface area contributed by atoms with Crippen LogP contribution in [0, 0.1) is 10.1 Å². The second-order valence-electron chi connectivity index (χ2n) is 3.04. The van der Waals surface area contributed by atoms with E-state index in [4.69, 9.17) is 0 Å². The summed E-state index contributed by atoms with van der Waals surface area (Å²) >= 11 is 0. The first-order valence-electron chi connectivity index (χ1n) is 4.42. The Balaban J connectivity index is 2.50. The van der Waals surface area contributed by atoms with Crippen molar-refractivity contribution in [2.45, 2.75) is 6.61 Å². The summed E-state index contributed by atoms with van der Waals surface area (Å²) in [6.07, 6.45) is 0. The Kier molecular flexibility index (Phi) is 2.50. The fourth-order valence-corrected chi connectivity index (χ4v) is 1.40. The minimum atomic E-state index is -0.901. The van der Waals surface area contributed by atoms with Gasteiger partial charge >= 0.3 is 0 Å². The normalized spacial score (nSPS) is 10.2. The zero-order chi connectivity index (χ0) is 11.5. The molecule has 0 fully saturated rings. The molecule has 0 aliphatic heterocycles. The van der Waals surface area contributed by atoms with Gasteiger partial charge in [0.05, 0.1) is 11.1 Å². The fraction of sp³-hybridized carbons (Fsp3) is 0.111. The highest BCUT2D eigenvalue weighted by Crippen LogP contribution is 2.12. The summed E-state index contributed by atoms with van der Waals surface area (Å²) in [6, 6.07) is 6.70. The molecular weight excluding hydrogens is 214 g/mol. The zero-order valence-electron chi connectivity index (χ0n) is 8.04. The van der Waals surface area contributed by atoms with Crippen LogP contribution in [0.15, 0.2) is 29.1 Å². The quantitative estimate of drug-likeness (QED) is 0.605. The topological polar surface area (TPSA) is 98.1 Å². The highest BCUT2D eigenvalue weighted by molar-refractivity contribution is 5.83. The third kappa shape index (κ3) is 1.83. The summed E-state index contributed by atoms with van der Waals surface area (Å²) in [5.74, 6) is 0. The van der Waals surface area contributed by atoms with Crippen LogP contribution in [-0.2, 0) is 11.4 Å². The van der Waals surface area contributed by atoms with Gasteiger partial charge < -0.3 is 4.84 Å². The van der Waals surface area contributed by atoms with Gasteiger partial charge in [0.25, 0.3) is 10.6 Å². The van der Waals surface area contributed by atoms with Crippen LogP contribution in [0.5, 0.6) is 0 Å². The molecule has 0 saturated heterocycles. The maximum atomic E-state index is 11.4. The molecule has 7 nitrogen and oxygen atoms in total.